The van der Waals surface area contributed by atoms with Crippen LogP contribution in [0.4, 0.5) is 5.69 Å². The zero-order chi connectivity index (χ0) is 10.9. The lowest BCUT2D eigenvalue weighted by atomic mass is 10.3. The molecule has 0 atom stereocenters. The van der Waals surface area contributed by atoms with Crippen molar-refractivity contribution in [1.82, 2.24) is 0 Å². The van der Waals surface area contributed by atoms with Crippen molar-refractivity contribution < 1.29 is 14.3 Å². The molecule has 0 spiro atoms. The summed E-state index contributed by atoms with van der Waals surface area (Å²) in [6, 6.07) is 7.60. The van der Waals surface area contributed by atoms with Gasteiger partial charge in [0.15, 0.2) is 0 Å². The van der Waals surface area contributed by atoms with E-state index in [0.717, 1.165) is 11.4 Å². The predicted octanol–water partition coefficient (Wildman–Crippen LogP) is 2.08. The molecule has 0 heterocycles. The van der Waals surface area contributed by atoms with Crippen LogP contribution >= 0.6 is 0 Å². The second kappa shape index (κ2) is 7.09. The van der Waals surface area contributed by atoms with Crippen LogP contribution in [0.3, 0.4) is 0 Å². The average molecular weight is 211 g/mol. The van der Waals surface area contributed by atoms with E-state index in [1.54, 1.807) is 7.11 Å². The summed E-state index contributed by atoms with van der Waals surface area (Å²) >= 11 is 0. The Kier molecular flexibility index (Phi) is 5.58. The minimum absolute atomic E-state index is 0.550. The molecular formula is C11H17NO3. The Balaban J connectivity index is 2.42. The smallest absolute Gasteiger partial charge is 0.121 e. The van der Waals surface area contributed by atoms with Gasteiger partial charge in [-0.05, 0) is 19.1 Å². The summed E-state index contributed by atoms with van der Waals surface area (Å²) < 4.78 is 10.3. The molecule has 0 aliphatic rings. The Bertz CT molecular complexity index is 278. The van der Waals surface area contributed by atoms with Crippen molar-refractivity contribution in [3.8, 4) is 5.75 Å². The maximum absolute atomic E-state index is 5.45. The van der Waals surface area contributed by atoms with Gasteiger partial charge in [-0.2, -0.15) is 0 Å². The third-order valence-corrected chi connectivity index (χ3v) is 1.72. The molecule has 0 unspecified atom stereocenters. The number of ether oxygens (including phenoxy) is 2. The molecule has 84 valence electrons. The van der Waals surface area contributed by atoms with Crippen molar-refractivity contribution >= 4 is 5.69 Å². The summed E-state index contributed by atoms with van der Waals surface area (Å²) in [5.74, 6) is 0.803. The van der Waals surface area contributed by atoms with E-state index < -0.39 is 0 Å². The lowest BCUT2D eigenvalue weighted by Crippen LogP contribution is -2.05. The number of hydrogen-bond donors (Lipinski definition) is 1. The van der Waals surface area contributed by atoms with Gasteiger partial charge in [0.05, 0.1) is 18.9 Å². The Labute approximate surface area is 90.1 Å². The van der Waals surface area contributed by atoms with E-state index in [4.69, 9.17) is 14.3 Å². The molecule has 0 aromatic heterocycles. The molecule has 0 saturated carbocycles. The van der Waals surface area contributed by atoms with Crippen molar-refractivity contribution in [2.45, 2.75) is 6.92 Å². The van der Waals surface area contributed by atoms with Gasteiger partial charge in [-0.15, -0.1) is 0 Å². The first-order valence-electron chi connectivity index (χ1n) is 4.96. The quantitative estimate of drug-likeness (QED) is 0.553. The van der Waals surface area contributed by atoms with Gasteiger partial charge in [0, 0.05) is 13.2 Å². The summed E-state index contributed by atoms with van der Waals surface area (Å²) in [4.78, 5) is 5.07. The molecule has 4 nitrogen and oxygen atoms in total. The van der Waals surface area contributed by atoms with Gasteiger partial charge in [-0.1, -0.05) is 6.07 Å². The van der Waals surface area contributed by atoms with Crippen LogP contribution in [0.15, 0.2) is 24.3 Å². The molecule has 0 aliphatic heterocycles. The van der Waals surface area contributed by atoms with E-state index >= 15 is 0 Å². The first kappa shape index (κ1) is 11.8. The molecule has 0 amide bonds. The van der Waals surface area contributed by atoms with Crippen LogP contribution in [-0.4, -0.2) is 26.9 Å². The molecule has 0 fully saturated rings. The molecular weight excluding hydrogens is 194 g/mol. The highest BCUT2D eigenvalue weighted by atomic mass is 16.6. The Morgan fingerprint density at radius 1 is 1.27 bits per heavy atom. The van der Waals surface area contributed by atoms with Crippen molar-refractivity contribution in [3.63, 3.8) is 0 Å². The molecule has 15 heavy (non-hydrogen) atoms. The fourth-order valence-corrected chi connectivity index (χ4v) is 1.05. The first-order valence-corrected chi connectivity index (χ1v) is 4.96. The predicted molar refractivity (Wildman–Crippen MR) is 59.1 cm³/mol. The lowest BCUT2D eigenvalue weighted by Gasteiger charge is -2.08. The van der Waals surface area contributed by atoms with Crippen LogP contribution in [0.2, 0.25) is 0 Å². The number of nitrogens with one attached hydrogen (secondary N) is 1. The zero-order valence-electron chi connectivity index (χ0n) is 9.16. The van der Waals surface area contributed by atoms with E-state index in [0.29, 0.717) is 19.8 Å². The second-order valence-corrected chi connectivity index (χ2v) is 2.90. The van der Waals surface area contributed by atoms with Crippen LogP contribution in [0, 0.1) is 0 Å². The summed E-state index contributed by atoms with van der Waals surface area (Å²) in [5, 5.41) is 0. The van der Waals surface area contributed by atoms with Gasteiger partial charge in [0.2, 0.25) is 0 Å². The molecule has 1 aromatic rings. The number of hydrogen-bond acceptors (Lipinski definition) is 4. The van der Waals surface area contributed by atoms with E-state index in [1.165, 1.54) is 0 Å². The van der Waals surface area contributed by atoms with Crippen LogP contribution < -0.4 is 10.2 Å². The molecule has 1 rings (SSSR count). The van der Waals surface area contributed by atoms with Crippen LogP contribution in [-0.2, 0) is 9.57 Å². The van der Waals surface area contributed by atoms with Gasteiger partial charge in [0.25, 0.3) is 0 Å². The lowest BCUT2D eigenvalue weighted by molar-refractivity contribution is 0.146. The maximum Gasteiger partial charge on any atom is 0.121 e. The van der Waals surface area contributed by atoms with Gasteiger partial charge in [0.1, 0.15) is 12.4 Å². The van der Waals surface area contributed by atoms with Crippen molar-refractivity contribution in [1.29, 1.82) is 0 Å². The Hall–Kier alpha value is -1.26. The molecule has 0 saturated heterocycles. The normalized spacial score (nSPS) is 10.0. The minimum atomic E-state index is 0.550. The highest BCUT2D eigenvalue weighted by molar-refractivity contribution is 5.46. The molecule has 0 radical (unpaired) electrons. The summed E-state index contributed by atoms with van der Waals surface area (Å²) in [6.45, 7) is 3.68. The third kappa shape index (κ3) is 4.67. The van der Waals surface area contributed by atoms with Crippen molar-refractivity contribution in [2.75, 3.05) is 32.4 Å². The highest BCUT2D eigenvalue weighted by Crippen LogP contribution is 2.17. The molecule has 0 aliphatic carbocycles. The third-order valence-electron chi connectivity index (χ3n) is 1.72. The zero-order valence-corrected chi connectivity index (χ0v) is 9.16. The van der Waals surface area contributed by atoms with E-state index in [1.807, 2.05) is 31.2 Å². The minimum Gasteiger partial charge on any atom is -0.491 e. The van der Waals surface area contributed by atoms with E-state index in [2.05, 4.69) is 5.48 Å². The van der Waals surface area contributed by atoms with Crippen molar-refractivity contribution in [2.24, 2.45) is 0 Å². The van der Waals surface area contributed by atoms with Gasteiger partial charge in [-0.25, -0.2) is 0 Å². The highest BCUT2D eigenvalue weighted by Gasteiger charge is 1.96. The molecule has 4 heteroatoms. The average Bonchev–Trinajstić information content (AvgIpc) is 2.27. The summed E-state index contributed by atoms with van der Waals surface area (Å²) in [5.41, 5.74) is 3.70. The van der Waals surface area contributed by atoms with E-state index in [-0.39, 0.29) is 0 Å². The maximum atomic E-state index is 5.45. The molecule has 1 N–H and O–H groups in total. The molecule has 0 bridgehead atoms. The number of benzene rings is 1. The van der Waals surface area contributed by atoms with Gasteiger partial charge >= 0.3 is 0 Å². The fourth-order valence-electron chi connectivity index (χ4n) is 1.05. The summed E-state index contributed by atoms with van der Waals surface area (Å²) in [6.07, 6.45) is 0. The Morgan fingerprint density at radius 3 is 2.87 bits per heavy atom. The van der Waals surface area contributed by atoms with Crippen LogP contribution in [0.5, 0.6) is 5.75 Å². The number of rotatable bonds is 7. The second-order valence-electron chi connectivity index (χ2n) is 2.90. The summed E-state index contributed by atoms with van der Waals surface area (Å²) in [7, 11) is 1.65. The van der Waals surface area contributed by atoms with Gasteiger partial charge < -0.3 is 9.47 Å². The SMILES string of the molecule is CCONc1cccc(OCCOC)c1. The first-order chi connectivity index (χ1) is 7.36. The monoisotopic (exact) mass is 211 g/mol. The van der Waals surface area contributed by atoms with Gasteiger partial charge in [-0.3, -0.25) is 10.3 Å². The van der Waals surface area contributed by atoms with Crippen LogP contribution in [0.25, 0.3) is 0 Å². The van der Waals surface area contributed by atoms with Crippen molar-refractivity contribution in [3.05, 3.63) is 24.3 Å². The van der Waals surface area contributed by atoms with E-state index in [9.17, 15) is 0 Å². The number of methoxy groups -OCH3 is 1. The Morgan fingerprint density at radius 2 is 2.13 bits per heavy atom. The topological polar surface area (TPSA) is 39.7 Å². The van der Waals surface area contributed by atoms with Crippen LogP contribution in [0.1, 0.15) is 6.92 Å². The fraction of sp³-hybridized carbons (Fsp3) is 0.455. The standard InChI is InChI=1S/C11H17NO3/c1-3-15-12-10-5-4-6-11(9-10)14-8-7-13-2/h4-6,9,12H,3,7-8H2,1-2H3. The molecule has 1 aromatic carbocycles. The number of anilines is 1. The largest absolute Gasteiger partial charge is 0.491 e.